The molecule has 4 nitrogen and oxygen atoms in total. The molecule has 1 aliphatic heterocycles. The van der Waals surface area contributed by atoms with Crippen LogP contribution >= 0.6 is 0 Å². The molecule has 4 atom stereocenters. The smallest absolute Gasteiger partial charge is 0.0991 e. The molecule has 4 heteroatoms. The zero-order valence-corrected chi connectivity index (χ0v) is 14.6. The monoisotopic (exact) mass is 341 g/mol. The first kappa shape index (κ1) is 18.1. The Labute approximate surface area is 149 Å². The average Bonchev–Trinajstić information content (AvgIpc) is 2.87. The second-order valence-corrected chi connectivity index (χ2v) is 6.83. The van der Waals surface area contributed by atoms with Gasteiger partial charge in [-0.15, -0.1) is 0 Å². The van der Waals surface area contributed by atoms with Crippen molar-refractivity contribution in [2.24, 2.45) is 0 Å². The molecule has 1 saturated heterocycles. The van der Waals surface area contributed by atoms with Gasteiger partial charge in [0, 0.05) is 12.6 Å². The summed E-state index contributed by atoms with van der Waals surface area (Å²) in [6, 6.07) is 17.7. The molecular weight excluding hydrogens is 314 g/mol. The molecule has 1 aliphatic rings. The molecule has 0 aliphatic carbocycles. The molecule has 0 unspecified atom stereocenters. The van der Waals surface area contributed by atoms with Crippen LogP contribution in [0.25, 0.3) is 0 Å². The fourth-order valence-electron chi connectivity index (χ4n) is 3.73. The van der Waals surface area contributed by atoms with Gasteiger partial charge in [-0.3, -0.25) is 4.90 Å². The van der Waals surface area contributed by atoms with Crippen LogP contribution in [0.15, 0.2) is 54.6 Å². The summed E-state index contributed by atoms with van der Waals surface area (Å²) in [5, 5.41) is 30.7. The third-order valence-electron chi connectivity index (χ3n) is 5.26. The van der Waals surface area contributed by atoms with Crippen LogP contribution in [-0.4, -0.2) is 51.1 Å². The predicted octanol–water partition coefficient (Wildman–Crippen LogP) is 1.76. The standard InChI is InChI=1S/C21H27NO3/c1-2-15-8-10-17(11-9-15)13-22-18(12-16-6-4-3-5-7-16)20(24)21(25)19(22)14-23/h3-11,18-21,23-25H,2,12-14H2,1H3/t18-,19+,20-,21+/m0/s1. The number of nitrogens with zero attached hydrogens (tertiary/aromatic N) is 1. The van der Waals surface area contributed by atoms with Crippen molar-refractivity contribution >= 4 is 0 Å². The Bertz CT molecular complexity index is 659. The Morgan fingerprint density at radius 3 is 2.00 bits per heavy atom. The highest BCUT2D eigenvalue weighted by Gasteiger charge is 2.46. The molecule has 0 bridgehead atoms. The fraction of sp³-hybridized carbons (Fsp3) is 0.429. The molecule has 0 aromatic heterocycles. The van der Waals surface area contributed by atoms with Crippen LogP contribution < -0.4 is 0 Å². The van der Waals surface area contributed by atoms with E-state index in [0.29, 0.717) is 13.0 Å². The lowest BCUT2D eigenvalue weighted by molar-refractivity contribution is 0.0178. The topological polar surface area (TPSA) is 63.9 Å². The zero-order chi connectivity index (χ0) is 17.8. The van der Waals surface area contributed by atoms with Crippen LogP contribution in [0.5, 0.6) is 0 Å². The molecule has 0 spiro atoms. The summed E-state index contributed by atoms with van der Waals surface area (Å²) < 4.78 is 0. The van der Waals surface area contributed by atoms with Crippen molar-refractivity contribution in [1.29, 1.82) is 0 Å². The van der Waals surface area contributed by atoms with E-state index in [1.807, 2.05) is 35.2 Å². The van der Waals surface area contributed by atoms with E-state index in [2.05, 4.69) is 31.2 Å². The maximum absolute atomic E-state index is 10.5. The second-order valence-electron chi connectivity index (χ2n) is 6.83. The maximum atomic E-state index is 10.5. The minimum Gasteiger partial charge on any atom is -0.395 e. The van der Waals surface area contributed by atoms with Gasteiger partial charge < -0.3 is 15.3 Å². The normalized spacial score (nSPS) is 26.9. The van der Waals surface area contributed by atoms with E-state index in [9.17, 15) is 15.3 Å². The molecule has 0 radical (unpaired) electrons. The van der Waals surface area contributed by atoms with Crippen molar-refractivity contribution in [2.45, 2.75) is 50.6 Å². The number of aliphatic hydroxyl groups is 3. The second kappa shape index (κ2) is 8.11. The molecule has 25 heavy (non-hydrogen) atoms. The van der Waals surface area contributed by atoms with Crippen LogP contribution in [-0.2, 0) is 19.4 Å². The van der Waals surface area contributed by atoms with Crippen molar-refractivity contribution in [3.05, 3.63) is 71.3 Å². The molecule has 1 fully saturated rings. The van der Waals surface area contributed by atoms with Gasteiger partial charge in [0.1, 0.15) is 0 Å². The van der Waals surface area contributed by atoms with E-state index < -0.39 is 18.2 Å². The van der Waals surface area contributed by atoms with Crippen molar-refractivity contribution in [3.8, 4) is 0 Å². The zero-order valence-electron chi connectivity index (χ0n) is 14.6. The molecule has 3 N–H and O–H groups in total. The van der Waals surface area contributed by atoms with Crippen LogP contribution in [0, 0.1) is 0 Å². The highest BCUT2D eigenvalue weighted by atomic mass is 16.3. The fourth-order valence-corrected chi connectivity index (χ4v) is 3.73. The van der Waals surface area contributed by atoms with Gasteiger partial charge in [0.15, 0.2) is 0 Å². The first-order valence-corrected chi connectivity index (χ1v) is 8.98. The van der Waals surface area contributed by atoms with Crippen LogP contribution in [0.4, 0.5) is 0 Å². The summed E-state index contributed by atoms with van der Waals surface area (Å²) in [4.78, 5) is 2.04. The lowest BCUT2D eigenvalue weighted by atomic mass is 10.0. The maximum Gasteiger partial charge on any atom is 0.0991 e. The summed E-state index contributed by atoms with van der Waals surface area (Å²) in [6.07, 6.45) is -0.166. The lowest BCUT2D eigenvalue weighted by Gasteiger charge is -2.30. The summed E-state index contributed by atoms with van der Waals surface area (Å²) in [5.74, 6) is 0. The third-order valence-corrected chi connectivity index (χ3v) is 5.26. The molecule has 2 aromatic carbocycles. The summed E-state index contributed by atoms with van der Waals surface area (Å²) in [5.41, 5.74) is 3.52. The lowest BCUT2D eigenvalue weighted by Crippen LogP contribution is -2.41. The quantitative estimate of drug-likeness (QED) is 0.749. The number of hydrogen-bond acceptors (Lipinski definition) is 4. The van der Waals surface area contributed by atoms with E-state index in [1.54, 1.807) is 0 Å². The number of benzene rings is 2. The van der Waals surface area contributed by atoms with Crippen molar-refractivity contribution in [3.63, 3.8) is 0 Å². The predicted molar refractivity (Wildman–Crippen MR) is 98.2 cm³/mol. The summed E-state index contributed by atoms with van der Waals surface area (Å²) >= 11 is 0. The minimum absolute atomic E-state index is 0.170. The van der Waals surface area contributed by atoms with E-state index >= 15 is 0 Å². The number of hydrogen-bond donors (Lipinski definition) is 3. The van der Waals surface area contributed by atoms with Gasteiger partial charge in [-0.25, -0.2) is 0 Å². The third kappa shape index (κ3) is 3.93. The summed E-state index contributed by atoms with van der Waals surface area (Å²) in [7, 11) is 0. The SMILES string of the molecule is CCc1ccc(CN2[C@H](CO)[C@@H](O)[C@@H](O)[C@@H]2Cc2ccccc2)cc1. The number of aliphatic hydroxyl groups excluding tert-OH is 3. The molecule has 0 amide bonds. The Hall–Kier alpha value is -1.72. The van der Waals surface area contributed by atoms with Gasteiger partial charge in [0.05, 0.1) is 24.9 Å². The van der Waals surface area contributed by atoms with Gasteiger partial charge >= 0.3 is 0 Å². The van der Waals surface area contributed by atoms with Gasteiger partial charge in [-0.05, 0) is 29.5 Å². The molecule has 0 saturated carbocycles. The first-order valence-electron chi connectivity index (χ1n) is 8.98. The van der Waals surface area contributed by atoms with Crippen LogP contribution in [0.1, 0.15) is 23.6 Å². The Morgan fingerprint density at radius 2 is 1.40 bits per heavy atom. The van der Waals surface area contributed by atoms with E-state index in [-0.39, 0.29) is 12.6 Å². The van der Waals surface area contributed by atoms with Gasteiger partial charge in [0.2, 0.25) is 0 Å². The number of aryl methyl sites for hydroxylation is 1. The van der Waals surface area contributed by atoms with E-state index in [0.717, 1.165) is 17.5 Å². The van der Waals surface area contributed by atoms with Gasteiger partial charge in [-0.2, -0.15) is 0 Å². The Morgan fingerprint density at radius 1 is 0.800 bits per heavy atom. The Balaban J connectivity index is 1.82. The molecule has 3 rings (SSSR count). The Kier molecular flexibility index (Phi) is 5.86. The van der Waals surface area contributed by atoms with Gasteiger partial charge in [-0.1, -0.05) is 61.5 Å². The molecule has 1 heterocycles. The molecule has 2 aromatic rings. The van der Waals surface area contributed by atoms with E-state index in [4.69, 9.17) is 0 Å². The largest absolute Gasteiger partial charge is 0.395 e. The average molecular weight is 341 g/mol. The molecular formula is C21H27NO3. The minimum atomic E-state index is -0.936. The molecule has 134 valence electrons. The van der Waals surface area contributed by atoms with E-state index in [1.165, 1.54) is 5.56 Å². The highest BCUT2D eigenvalue weighted by molar-refractivity contribution is 5.24. The number of likely N-dealkylation sites (tertiary alicyclic amines) is 1. The van der Waals surface area contributed by atoms with Crippen molar-refractivity contribution in [1.82, 2.24) is 4.90 Å². The number of rotatable bonds is 6. The summed E-state index contributed by atoms with van der Waals surface area (Å²) in [6.45, 7) is 2.55. The van der Waals surface area contributed by atoms with Crippen LogP contribution in [0.3, 0.4) is 0 Å². The van der Waals surface area contributed by atoms with Crippen molar-refractivity contribution in [2.75, 3.05) is 6.61 Å². The highest BCUT2D eigenvalue weighted by Crippen LogP contribution is 2.29. The van der Waals surface area contributed by atoms with Gasteiger partial charge in [0.25, 0.3) is 0 Å². The van der Waals surface area contributed by atoms with Crippen LogP contribution in [0.2, 0.25) is 0 Å². The van der Waals surface area contributed by atoms with Crippen molar-refractivity contribution < 1.29 is 15.3 Å². The first-order chi connectivity index (χ1) is 12.1.